The molecule has 37 heavy (non-hydrogen) atoms. The number of fused-ring (bicyclic) bond motifs is 1. The zero-order valence-corrected chi connectivity index (χ0v) is 20.2. The van der Waals surface area contributed by atoms with Crippen LogP contribution in [0.2, 0.25) is 0 Å². The van der Waals surface area contributed by atoms with Crippen molar-refractivity contribution in [2.45, 2.75) is 37.3 Å². The van der Waals surface area contributed by atoms with Gasteiger partial charge in [0.2, 0.25) is 0 Å². The largest absolute Gasteiger partial charge is 0.490 e. The summed E-state index contributed by atoms with van der Waals surface area (Å²) in [6.07, 6.45) is -5.61. The van der Waals surface area contributed by atoms with Crippen molar-refractivity contribution in [1.82, 2.24) is 14.8 Å². The van der Waals surface area contributed by atoms with Gasteiger partial charge in [0.05, 0.1) is 12.2 Å². The predicted octanol–water partition coefficient (Wildman–Crippen LogP) is 3.98. The lowest BCUT2D eigenvalue weighted by atomic mass is 9.82. The van der Waals surface area contributed by atoms with Crippen LogP contribution >= 0.6 is 0 Å². The number of alkyl halides is 6. The summed E-state index contributed by atoms with van der Waals surface area (Å²) in [6, 6.07) is 8.72. The molecule has 0 bridgehead atoms. The van der Waals surface area contributed by atoms with Crippen LogP contribution in [0, 0.1) is 5.92 Å². The normalized spacial score (nSPS) is 19.4. The average Bonchev–Trinajstić information content (AvgIpc) is 3.23. The highest BCUT2D eigenvalue weighted by Crippen LogP contribution is 2.37. The van der Waals surface area contributed by atoms with Crippen molar-refractivity contribution in [1.29, 1.82) is 0 Å². The molecule has 0 saturated carbocycles. The topological polar surface area (TPSA) is 106 Å². The van der Waals surface area contributed by atoms with E-state index < -0.39 is 24.3 Å². The Kier molecular flexibility index (Phi) is 9.97. The molecule has 2 fully saturated rings. The Balaban J connectivity index is 0.000000286. The number of ether oxygens (including phenoxy) is 1. The number of hydrogen-bond donors (Lipinski definition) is 3. The minimum atomic E-state index is -5.08. The number of rotatable bonds is 4. The average molecular weight is 541 g/mol. The fourth-order valence-electron chi connectivity index (χ4n) is 4.24. The first-order chi connectivity index (χ1) is 17.0. The van der Waals surface area contributed by atoms with Gasteiger partial charge in [-0.2, -0.15) is 26.3 Å². The first-order valence-corrected chi connectivity index (χ1v) is 11.2. The first kappa shape index (κ1) is 30.4. The van der Waals surface area contributed by atoms with E-state index in [0.717, 1.165) is 32.8 Å². The van der Waals surface area contributed by atoms with Crippen molar-refractivity contribution < 1.29 is 50.9 Å². The molecule has 4 rings (SSSR count). The molecular formula is C23H29F6N3O5. The SMILES string of the molecule is CN(C)CC1CCC2(CN(Cc3cccc4[nH]ccc34)C2)OC1.O=C(O)C(F)(F)F.O=C(O)C(F)(F)F. The molecule has 8 nitrogen and oxygen atoms in total. The number of benzene rings is 1. The number of aliphatic carboxylic acids is 2. The molecule has 14 heteroatoms. The first-order valence-electron chi connectivity index (χ1n) is 11.2. The molecule has 3 heterocycles. The zero-order chi connectivity index (χ0) is 28.0. The number of aromatic amines is 1. The van der Waals surface area contributed by atoms with Gasteiger partial charge in [0.1, 0.15) is 0 Å². The Morgan fingerprint density at radius 3 is 2.11 bits per heavy atom. The zero-order valence-electron chi connectivity index (χ0n) is 20.2. The van der Waals surface area contributed by atoms with Crippen LogP contribution < -0.4 is 0 Å². The molecule has 1 aromatic carbocycles. The smallest absolute Gasteiger partial charge is 0.475 e. The van der Waals surface area contributed by atoms with Gasteiger partial charge >= 0.3 is 24.3 Å². The van der Waals surface area contributed by atoms with Crippen molar-refractivity contribution in [2.75, 3.05) is 40.3 Å². The van der Waals surface area contributed by atoms with Crippen molar-refractivity contribution in [3.8, 4) is 0 Å². The summed E-state index contributed by atoms with van der Waals surface area (Å²) >= 11 is 0. The van der Waals surface area contributed by atoms with Gasteiger partial charge in [0, 0.05) is 43.3 Å². The molecule has 2 aliphatic heterocycles. The molecule has 2 saturated heterocycles. The Morgan fingerprint density at radius 1 is 1.08 bits per heavy atom. The molecule has 0 aliphatic carbocycles. The van der Waals surface area contributed by atoms with Gasteiger partial charge in [0.25, 0.3) is 0 Å². The van der Waals surface area contributed by atoms with Crippen LogP contribution in [0.25, 0.3) is 10.9 Å². The van der Waals surface area contributed by atoms with Crippen molar-refractivity contribution in [2.24, 2.45) is 5.92 Å². The highest BCUT2D eigenvalue weighted by atomic mass is 19.4. The second-order valence-corrected chi connectivity index (χ2v) is 9.27. The van der Waals surface area contributed by atoms with Crippen molar-refractivity contribution in [3.63, 3.8) is 0 Å². The van der Waals surface area contributed by atoms with E-state index in [1.54, 1.807) is 0 Å². The van der Waals surface area contributed by atoms with Crippen LogP contribution in [0.5, 0.6) is 0 Å². The molecule has 3 N–H and O–H groups in total. The van der Waals surface area contributed by atoms with Gasteiger partial charge in [-0.25, -0.2) is 9.59 Å². The quantitative estimate of drug-likeness (QED) is 0.503. The summed E-state index contributed by atoms with van der Waals surface area (Å²) in [5.74, 6) is -4.81. The fourth-order valence-corrected chi connectivity index (χ4v) is 4.24. The van der Waals surface area contributed by atoms with Crippen LogP contribution in [0.3, 0.4) is 0 Å². The monoisotopic (exact) mass is 541 g/mol. The number of hydrogen-bond acceptors (Lipinski definition) is 5. The lowest BCUT2D eigenvalue weighted by Crippen LogP contribution is -2.64. The fraction of sp³-hybridized carbons (Fsp3) is 0.565. The van der Waals surface area contributed by atoms with Crippen molar-refractivity contribution >= 4 is 22.8 Å². The molecule has 208 valence electrons. The number of nitrogens with zero attached hydrogens (tertiary/aromatic N) is 2. The molecule has 1 atom stereocenters. The Bertz CT molecular complexity index is 1010. The van der Waals surface area contributed by atoms with Crippen LogP contribution in [0.1, 0.15) is 18.4 Å². The van der Waals surface area contributed by atoms with E-state index in [1.165, 1.54) is 29.3 Å². The molecule has 0 amide bonds. The van der Waals surface area contributed by atoms with Gasteiger partial charge in [-0.3, -0.25) is 4.90 Å². The van der Waals surface area contributed by atoms with E-state index in [9.17, 15) is 26.3 Å². The van der Waals surface area contributed by atoms with E-state index in [4.69, 9.17) is 24.5 Å². The highest BCUT2D eigenvalue weighted by molar-refractivity contribution is 5.82. The number of H-pyrrole nitrogens is 1. The number of aromatic nitrogens is 1. The maximum Gasteiger partial charge on any atom is 0.490 e. The van der Waals surface area contributed by atoms with Crippen LogP contribution in [-0.4, -0.2) is 95.2 Å². The van der Waals surface area contributed by atoms with E-state index in [-0.39, 0.29) is 5.60 Å². The summed E-state index contributed by atoms with van der Waals surface area (Å²) in [5.41, 5.74) is 2.80. The lowest BCUT2D eigenvalue weighted by molar-refractivity contribution is -0.193. The maximum atomic E-state index is 10.6. The van der Waals surface area contributed by atoms with Gasteiger partial charge < -0.3 is 24.8 Å². The Morgan fingerprint density at radius 2 is 1.65 bits per heavy atom. The second kappa shape index (κ2) is 12.1. The minimum Gasteiger partial charge on any atom is -0.475 e. The van der Waals surface area contributed by atoms with Crippen LogP contribution in [0.15, 0.2) is 30.5 Å². The number of halogens is 6. The molecule has 2 aromatic rings. The molecule has 0 radical (unpaired) electrons. The Hall–Kier alpha value is -2.84. The molecule has 1 unspecified atom stereocenters. The van der Waals surface area contributed by atoms with E-state index in [2.05, 4.69) is 53.1 Å². The predicted molar refractivity (Wildman–Crippen MR) is 121 cm³/mol. The lowest BCUT2D eigenvalue weighted by Gasteiger charge is -2.53. The van der Waals surface area contributed by atoms with E-state index in [1.807, 2.05) is 6.20 Å². The van der Waals surface area contributed by atoms with Gasteiger partial charge in [0.15, 0.2) is 0 Å². The number of carboxylic acids is 2. The summed E-state index contributed by atoms with van der Waals surface area (Å²) in [6.45, 7) is 5.28. The third kappa shape index (κ3) is 9.20. The minimum absolute atomic E-state index is 0.148. The van der Waals surface area contributed by atoms with E-state index in [0.29, 0.717) is 5.92 Å². The second-order valence-electron chi connectivity index (χ2n) is 9.27. The summed E-state index contributed by atoms with van der Waals surface area (Å²) in [5, 5.41) is 15.6. The van der Waals surface area contributed by atoms with Crippen LogP contribution in [0.4, 0.5) is 26.3 Å². The van der Waals surface area contributed by atoms with Gasteiger partial charge in [-0.1, -0.05) is 12.1 Å². The number of nitrogens with one attached hydrogen (secondary N) is 1. The van der Waals surface area contributed by atoms with Gasteiger partial charge in [-0.15, -0.1) is 0 Å². The standard InChI is InChI=1S/C19H27N3O.2C2HF3O2/c1-21(2)10-15-6-8-19(23-12-15)13-22(14-19)11-16-4-3-5-18-17(16)7-9-20-18;2*3-2(4,5)1(6)7/h3-5,7,9,15,20H,6,8,10-14H2,1-2H3;2*(H,6,7). The summed E-state index contributed by atoms with van der Waals surface area (Å²) < 4.78 is 69.8. The molecule has 1 aromatic heterocycles. The number of carbonyl (C=O) groups is 2. The van der Waals surface area contributed by atoms with Crippen molar-refractivity contribution in [3.05, 3.63) is 36.0 Å². The number of likely N-dealkylation sites (tertiary alicyclic amines) is 1. The van der Waals surface area contributed by atoms with Gasteiger partial charge in [-0.05, 0) is 50.6 Å². The van der Waals surface area contributed by atoms with E-state index >= 15 is 0 Å². The third-order valence-corrected chi connectivity index (χ3v) is 5.84. The Labute approximate surface area is 208 Å². The number of carboxylic acid groups (broad SMARTS) is 2. The molecular weight excluding hydrogens is 512 g/mol. The molecule has 1 spiro atoms. The summed E-state index contributed by atoms with van der Waals surface area (Å²) in [4.78, 5) is 25.9. The summed E-state index contributed by atoms with van der Waals surface area (Å²) in [7, 11) is 4.30. The molecule has 2 aliphatic rings. The highest BCUT2D eigenvalue weighted by Gasteiger charge is 2.46. The maximum absolute atomic E-state index is 10.6. The third-order valence-electron chi connectivity index (χ3n) is 5.84. The van der Waals surface area contributed by atoms with Crippen LogP contribution in [-0.2, 0) is 20.9 Å².